The molecule has 1 saturated heterocycles. The number of carbonyl (C=O) groups is 1. The first-order chi connectivity index (χ1) is 9.98. The number of rotatable bonds is 3. The first-order valence-electron chi connectivity index (χ1n) is 7.35. The molecule has 1 unspecified atom stereocenters. The topological polar surface area (TPSA) is 59.0 Å². The van der Waals surface area contributed by atoms with E-state index in [4.69, 9.17) is 9.47 Å². The highest BCUT2D eigenvalue weighted by Gasteiger charge is 2.42. The number of nitrogens with zero attached hydrogens (tertiary/aromatic N) is 1. The van der Waals surface area contributed by atoms with Crippen molar-refractivity contribution in [2.75, 3.05) is 13.3 Å². The normalized spacial score (nSPS) is 22.6. The number of aliphatic hydroxyl groups excluding tert-OH is 1. The maximum Gasteiger partial charge on any atom is 0.231 e. The van der Waals surface area contributed by atoms with Gasteiger partial charge in [0.15, 0.2) is 11.5 Å². The van der Waals surface area contributed by atoms with Crippen molar-refractivity contribution in [1.82, 2.24) is 4.90 Å². The molecule has 2 aliphatic heterocycles. The number of carbonyl (C=O) groups excluding carboxylic acids is 1. The average molecular weight is 291 g/mol. The van der Waals surface area contributed by atoms with Gasteiger partial charge in [0.2, 0.25) is 12.7 Å². The van der Waals surface area contributed by atoms with Crippen LogP contribution in [0.5, 0.6) is 11.5 Å². The summed E-state index contributed by atoms with van der Waals surface area (Å²) in [5.74, 6) is 1.60. The van der Waals surface area contributed by atoms with Crippen LogP contribution in [0.25, 0.3) is 0 Å². The van der Waals surface area contributed by atoms with Crippen LogP contribution in [0, 0.1) is 0 Å². The van der Waals surface area contributed by atoms with Gasteiger partial charge in [-0.1, -0.05) is 6.07 Å². The van der Waals surface area contributed by atoms with E-state index in [0.29, 0.717) is 25.8 Å². The molecule has 0 spiro atoms. The van der Waals surface area contributed by atoms with Crippen LogP contribution in [0.4, 0.5) is 0 Å². The lowest BCUT2D eigenvalue weighted by atomic mass is 9.98. The van der Waals surface area contributed by atoms with Crippen LogP contribution in [-0.2, 0) is 11.2 Å². The Bertz CT molecular complexity index is 555. The molecule has 2 aliphatic rings. The van der Waals surface area contributed by atoms with E-state index in [1.54, 1.807) is 4.90 Å². The Kier molecular flexibility index (Phi) is 3.53. The third-order valence-corrected chi connectivity index (χ3v) is 4.50. The fraction of sp³-hybridized carbons (Fsp3) is 0.562. The molecule has 5 nitrogen and oxygen atoms in total. The summed E-state index contributed by atoms with van der Waals surface area (Å²) in [6.07, 6.45) is 1.32. The van der Waals surface area contributed by atoms with E-state index < -0.39 is 11.6 Å². The van der Waals surface area contributed by atoms with E-state index in [-0.39, 0.29) is 12.7 Å². The van der Waals surface area contributed by atoms with Gasteiger partial charge in [-0.15, -0.1) is 0 Å². The molecule has 0 aliphatic carbocycles. The lowest BCUT2D eigenvalue weighted by Gasteiger charge is -2.33. The molecule has 0 aromatic heterocycles. The number of aryl methyl sites for hydroxylation is 1. The van der Waals surface area contributed by atoms with Crippen LogP contribution >= 0.6 is 0 Å². The molecule has 1 amide bonds. The van der Waals surface area contributed by atoms with Crippen LogP contribution < -0.4 is 9.47 Å². The van der Waals surface area contributed by atoms with Gasteiger partial charge in [-0.25, -0.2) is 0 Å². The van der Waals surface area contributed by atoms with Gasteiger partial charge in [-0.3, -0.25) is 4.79 Å². The molecule has 1 aromatic rings. The fourth-order valence-corrected chi connectivity index (χ4v) is 3.00. The maximum atomic E-state index is 12.4. The molecule has 21 heavy (non-hydrogen) atoms. The highest BCUT2D eigenvalue weighted by molar-refractivity contribution is 5.77. The highest BCUT2D eigenvalue weighted by Crippen LogP contribution is 2.33. The summed E-state index contributed by atoms with van der Waals surface area (Å²) in [7, 11) is 0. The molecule has 1 atom stereocenters. The van der Waals surface area contributed by atoms with E-state index in [0.717, 1.165) is 17.1 Å². The summed E-state index contributed by atoms with van der Waals surface area (Å²) in [5.41, 5.74) is 0.594. The quantitative estimate of drug-likeness (QED) is 0.921. The van der Waals surface area contributed by atoms with Gasteiger partial charge in [0.05, 0.1) is 11.6 Å². The van der Waals surface area contributed by atoms with E-state index in [2.05, 4.69) is 0 Å². The van der Waals surface area contributed by atoms with Gasteiger partial charge < -0.3 is 19.5 Å². The molecule has 5 heteroatoms. The van der Waals surface area contributed by atoms with Gasteiger partial charge in [0.1, 0.15) is 0 Å². The molecule has 1 N–H and O–H groups in total. The van der Waals surface area contributed by atoms with Crippen LogP contribution in [0.2, 0.25) is 0 Å². The van der Waals surface area contributed by atoms with Crippen molar-refractivity contribution in [3.05, 3.63) is 23.8 Å². The van der Waals surface area contributed by atoms with E-state index >= 15 is 0 Å². The van der Waals surface area contributed by atoms with Crippen molar-refractivity contribution in [3.8, 4) is 11.5 Å². The number of benzene rings is 1. The SMILES string of the molecule is CC1(C)C(O)CCN1C(=O)CCc1ccc2c(c1)OCO2. The molecule has 0 saturated carbocycles. The van der Waals surface area contributed by atoms with Crippen molar-refractivity contribution in [2.24, 2.45) is 0 Å². The molecular formula is C16H21NO4. The minimum absolute atomic E-state index is 0.0919. The maximum absolute atomic E-state index is 12.4. The Hall–Kier alpha value is -1.75. The zero-order chi connectivity index (χ0) is 15.0. The first kappa shape index (κ1) is 14.2. The lowest BCUT2D eigenvalue weighted by molar-refractivity contribution is -0.136. The first-order valence-corrected chi connectivity index (χ1v) is 7.35. The van der Waals surface area contributed by atoms with Crippen LogP contribution in [-0.4, -0.2) is 40.9 Å². The van der Waals surface area contributed by atoms with Gasteiger partial charge >= 0.3 is 0 Å². The zero-order valence-electron chi connectivity index (χ0n) is 12.5. The number of amides is 1. The summed E-state index contributed by atoms with van der Waals surface area (Å²) in [4.78, 5) is 14.2. The number of fused-ring (bicyclic) bond motifs is 1. The Morgan fingerprint density at radius 2 is 2.14 bits per heavy atom. The van der Waals surface area contributed by atoms with Crippen molar-refractivity contribution in [2.45, 2.75) is 44.8 Å². The third-order valence-electron chi connectivity index (χ3n) is 4.50. The summed E-state index contributed by atoms with van der Waals surface area (Å²) in [6.45, 7) is 4.73. The smallest absolute Gasteiger partial charge is 0.231 e. The molecule has 0 radical (unpaired) electrons. The predicted octanol–water partition coefficient (Wildman–Crippen LogP) is 1.72. The van der Waals surface area contributed by atoms with Crippen LogP contribution in [0.15, 0.2) is 18.2 Å². The zero-order valence-corrected chi connectivity index (χ0v) is 12.5. The fourth-order valence-electron chi connectivity index (χ4n) is 3.00. The Morgan fingerprint density at radius 1 is 1.38 bits per heavy atom. The Morgan fingerprint density at radius 3 is 2.86 bits per heavy atom. The minimum Gasteiger partial charge on any atom is -0.454 e. The van der Waals surface area contributed by atoms with E-state index in [9.17, 15) is 9.90 Å². The Labute approximate surface area is 124 Å². The molecule has 1 aromatic carbocycles. The van der Waals surface area contributed by atoms with Crippen molar-refractivity contribution >= 4 is 5.91 Å². The molecule has 3 rings (SSSR count). The van der Waals surface area contributed by atoms with Crippen molar-refractivity contribution < 1.29 is 19.4 Å². The van der Waals surface area contributed by atoms with Crippen molar-refractivity contribution in [1.29, 1.82) is 0 Å². The van der Waals surface area contributed by atoms with Crippen molar-refractivity contribution in [3.63, 3.8) is 0 Å². The van der Waals surface area contributed by atoms with E-state index in [1.165, 1.54) is 0 Å². The summed E-state index contributed by atoms with van der Waals surface area (Å²) in [6, 6.07) is 5.77. The summed E-state index contributed by atoms with van der Waals surface area (Å²) >= 11 is 0. The number of hydrogen-bond donors (Lipinski definition) is 1. The summed E-state index contributed by atoms with van der Waals surface area (Å²) in [5, 5.41) is 9.94. The second-order valence-corrected chi connectivity index (χ2v) is 6.19. The number of aliphatic hydroxyl groups is 1. The number of hydrogen-bond acceptors (Lipinski definition) is 4. The second kappa shape index (κ2) is 5.22. The molecule has 0 bridgehead atoms. The second-order valence-electron chi connectivity index (χ2n) is 6.19. The molecular weight excluding hydrogens is 270 g/mol. The van der Waals surface area contributed by atoms with Gasteiger partial charge in [0.25, 0.3) is 0 Å². The van der Waals surface area contributed by atoms with Crippen LogP contribution in [0.1, 0.15) is 32.3 Å². The van der Waals surface area contributed by atoms with Gasteiger partial charge in [-0.2, -0.15) is 0 Å². The third kappa shape index (κ3) is 2.58. The molecule has 1 fully saturated rings. The predicted molar refractivity (Wildman–Crippen MR) is 77.3 cm³/mol. The number of ether oxygens (including phenoxy) is 2. The molecule has 2 heterocycles. The average Bonchev–Trinajstić information content (AvgIpc) is 3.01. The lowest BCUT2D eigenvalue weighted by Crippen LogP contribution is -2.48. The van der Waals surface area contributed by atoms with Crippen LogP contribution in [0.3, 0.4) is 0 Å². The number of likely N-dealkylation sites (tertiary alicyclic amines) is 1. The standard InChI is InChI=1S/C16H21NO4/c1-16(2)14(18)7-8-17(16)15(19)6-4-11-3-5-12-13(9-11)21-10-20-12/h3,5,9,14,18H,4,6-8,10H2,1-2H3. The largest absolute Gasteiger partial charge is 0.454 e. The Balaban J connectivity index is 1.61. The highest BCUT2D eigenvalue weighted by atomic mass is 16.7. The minimum atomic E-state index is -0.466. The molecule has 114 valence electrons. The monoisotopic (exact) mass is 291 g/mol. The van der Waals surface area contributed by atoms with Gasteiger partial charge in [0, 0.05) is 13.0 Å². The summed E-state index contributed by atoms with van der Waals surface area (Å²) < 4.78 is 10.6. The van der Waals surface area contributed by atoms with Gasteiger partial charge in [-0.05, 0) is 44.4 Å². The van der Waals surface area contributed by atoms with E-state index in [1.807, 2.05) is 32.0 Å².